The van der Waals surface area contributed by atoms with E-state index >= 15 is 0 Å². The van der Waals surface area contributed by atoms with E-state index in [1.807, 2.05) is 62.4 Å². The Hall–Kier alpha value is -3.04. The van der Waals surface area contributed by atoms with E-state index in [4.69, 9.17) is 0 Å². The molecule has 0 aliphatic carbocycles. The van der Waals surface area contributed by atoms with Gasteiger partial charge in [-0.1, -0.05) is 41.6 Å². The lowest BCUT2D eigenvalue weighted by atomic mass is 10.2. The fourth-order valence-electron chi connectivity index (χ4n) is 2.62. The number of benzene rings is 2. The summed E-state index contributed by atoms with van der Waals surface area (Å²) in [5.41, 5.74) is 3.26. The Labute approximate surface area is 156 Å². The van der Waals surface area contributed by atoms with Crippen molar-refractivity contribution in [2.75, 3.05) is 16.0 Å². The van der Waals surface area contributed by atoms with Gasteiger partial charge in [0, 0.05) is 11.4 Å². The number of nitriles is 1. The molecule has 1 N–H and O–H groups in total. The summed E-state index contributed by atoms with van der Waals surface area (Å²) >= 11 is 1.21. The molecule has 0 atom stereocenters. The van der Waals surface area contributed by atoms with Crippen LogP contribution in [0, 0.1) is 25.2 Å². The summed E-state index contributed by atoms with van der Waals surface area (Å²) in [5, 5.41) is 12.7. The molecule has 3 rings (SSSR count). The maximum Gasteiger partial charge on any atom is 0.269 e. The highest BCUT2D eigenvalue weighted by molar-refractivity contribution is 8.04. The van der Waals surface area contributed by atoms with E-state index in [9.17, 15) is 14.9 Å². The summed E-state index contributed by atoms with van der Waals surface area (Å²) in [6.45, 7) is 3.88. The van der Waals surface area contributed by atoms with Crippen LogP contribution in [0.3, 0.4) is 0 Å². The third-order valence-corrected chi connectivity index (χ3v) is 4.96. The molecule has 2 aromatic carbocycles. The van der Waals surface area contributed by atoms with Crippen LogP contribution in [0.25, 0.3) is 0 Å². The maximum atomic E-state index is 12.6. The number of carbonyl (C=O) groups excluding carboxylic acids is 2. The molecule has 1 heterocycles. The van der Waals surface area contributed by atoms with E-state index in [0.29, 0.717) is 16.4 Å². The minimum atomic E-state index is -0.521. The van der Waals surface area contributed by atoms with Gasteiger partial charge >= 0.3 is 0 Å². The molecule has 0 saturated carbocycles. The van der Waals surface area contributed by atoms with Crippen molar-refractivity contribution >= 4 is 35.0 Å². The summed E-state index contributed by atoms with van der Waals surface area (Å²) in [6.07, 6.45) is 0. The molecule has 1 saturated heterocycles. The summed E-state index contributed by atoms with van der Waals surface area (Å²) in [5.74, 6) is -0.469. The standard InChI is InChI=1S/C20H17N3O2S/c1-13-6-8-16(9-7-13)23-18(24)12-26-20(23)17(11-21)19(25)22-15-5-3-4-14(2)10-15/h3-10H,12H2,1-2H3,(H,22,25). The molecule has 26 heavy (non-hydrogen) atoms. The first-order valence-electron chi connectivity index (χ1n) is 8.04. The predicted molar refractivity (Wildman–Crippen MR) is 104 cm³/mol. The third kappa shape index (κ3) is 3.63. The molecule has 0 unspecified atom stereocenters. The minimum absolute atomic E-state index is 0.0667. The molecule has 1 fully saturated rings. The normalized spacial score (nSPS) is 15.6. The Morgan fingerprint density at radius 2 is 1.88 bits per heavy atom. The zero-order chi connectivity index (χ0) is 18.7. The van der Waals surface area contributed by atoms with Crippen molar-refractivity contribution in [2.24, 2.45) is 0 Å². The predicted octanol–water partition coefficient (Wildman–Crippen LogP) is 3.76. The van der Waals surface area contributed by atoms with Crippen molar-refractivity contribution in [3.05, 3.63) is 70.3 Å². The first-order valence-corrected chi connectivity index (χ1v) is 9.03. The molecule has 1 aliphatic heterocycles. The number of rotatable bonds is 3. The van der Waals surface area contributed by atoms with Gasteiger partial charge in [0.15, 0.2) is 0 Å². The second-order valence-electron chi connectivity index (χ2n) is 5.97. The van der Waals surface area contributed by atoms with Gasteiger partial charge in [0.25, 0.3) is 5.91 Å². The number of carbonyl (C=O) groups is 2. The Morgan fingerprint density at radius 1 is 1.15 bits per heavy atom. The van der Waals surface area contributed by atoms with Crippen molar-refractivity contribution in [1.29, 1.82) is 5.26 Å². The lowest BCUT2D eigenvalue weighted by Crippen LogP contribution is -2.26. The van der Waals surface area contributed by atoms with Crippen molar-refractivity contribution in [3.63, 3.8) is 0 Å². The van der Waals surface area contributed by atoms with Crippen LogP contribution in [0.15, 0.2) is 59.1 Å². The van der Waals surface area contributed by atoms with Gasteiger partial charge in [0.05, 0.1) is 5.75 Å². The maximum absolute atomic E-state index is 12.6. The van der Waals surface area contributed by atoms with Crippen LogP contribution >= 0.6 is 11.8 Å². The Bertz CT molecular complexity index is 942. The molecule has 0 radical (unpaired) electrons. The molecular weight excluding hydrogens is 346 g/mol. The average molecular weight is 363 g/mol. The highest BCUT2D eigenvalue weighted by atomic mass is 32.2. The van der Waals surface area contributed by atoms with E-state index < -0.39 is 5.91 Å². The van der Waals surface area contributed by atoms with E-state index in [0.717, 1.165) is 11.1 Å². The van der Waals surface area contributed by atoms with E-state index in [2.05, 4.69) is 5.32 Å². The monoisotopic (exact) mass is 363 g/mol. The first kappa shape index (κ1) is 17.8. The van der Waals surface area contributed by atoms with Gasteiger partial charge < -0.3 is 5.32 Å². The number of anilines is 2. The highest BCUT2D eigenvalue weighted by Gasteiger charge is 2.33. The van der Waals surface area contributed by atoms with E-state index in [-0.39, 0.29) is 17.2 Å². The summed E-state index contributed by atoms with van der Waals surface area (Å²) in [6, 6.07) is 16.7. The summed E-state index contributed by atoms with van der Waals surface area (Å²) in [7, 11) is 0. The van der Waals surface area contributed by atoms with Crippen molar-refractivity contribution in [1.82, 2.24) is 0 Å². The molecule has 1 aliphatic rings. The molecule has 5 nitrogen and oxygen atoms in total. The van der Waals surface area contributed by atoms with Gasteiger partial charge in [-0.25, -0.2) is 0 Å². The first-order chi connectivity index (χ1) is 12.5. The summed E-state index contributed by atoms with van der Waals surface area (Å²) in [4.78, 5) is 26.4. The van der Waals surface area contributed by atoms with Crippen LogP contribution in [0.4, 0.5) is 11.4 Å². The van der Waals surface area contributed by atoms with E-state index in [1.54, 1.807) is 6.07 Å². The number of hydrogen-bond acceptors (Lipinski definition) is 4. The second kappa shape index (κ2) is 7.46. The smallest absolute Gasteiger partial charge is 0.269 e. The Morgan fingerprint density at radius 3 is 2.54 bits per heavy atom. The topological polar surface area (TPSA) is 73.2 Å². The fourth-order valence-corrected chi connectivity index (χ4v) is 3.63. The van der Waals surface area contributed by atoms with Gasteiger partial charge in [0.2, 0.25) is 5.91 Å². The van der Waals surface area contributed by atoms with Crippen LogP contribution < -0.4 is 10.2 Å². The zero-order valence-corrected chi connectivity index (χ0v) is 15.3. The van der Waals surface area contributed by atoms with Crippen molar-refractivity contribution in [3.8, 4) is 6.07 Å². The Balaban J connectivity index is 1.96. The SMILES string of the molecule is Cc1ccc(N2C(=O)CSC2=C(C#N)C(=O)Nc2cccc(C)c2)cc1. The van der Waals surface area contributed by atoms with Gasteiger partial charge in [-0.05, 0) is 43.7 Å². The average Bonchev–Trinajstić information content (AvgIpc) is 2.98. The zero-order valence-electron chi connectivity index (χ0n) is 14.4. The molecule has 0 bridgehead atoms. The quantitative estimate of drug-likeness (QED) is 0.666. The minimum Gasteiger partial charge on any atom is -0.321 e. The fraction of sp³-hybridized carbons (Fsp3) is 0.150. The van der Waals surface area contributed by atoms with Crippen molar-refractivity contribution in [2.45, 2.75) is 13.8 Å². The Kier molecular flexibility index (Phi) is 5.10. The number of nitrogens with one attached hydrogen (secondary N) is 1. The van der Waals surface area contributed by atoms with Gasteiger partial charge in [-0.15, -0.1) is 0 Å². The molecular formula is C20H17N3O2S. The highest BCUT2D eigenvalue weighted by Crippen LogP contribution is 2.36. The lowest BCUT2D eigenvalue weighted by molar-refractivity contribution is -0.115. The number of thioether (sulfide) groups is 1. The number of amides is 2. The molecule has 0 spiro atoms. The van der Waals surface area contributed by atoms with Gasteiger partial charge in [-0.3, -0.25) is 14.5 Å². The van der Waals surface area contributed by atoms with Crippen LogP contribution in [-0.2, 0) is 9.59 Å². The van der Waals surface area contributed by atoms with E-state index in [1.165, 1.54) is 16.7 Å². The molecule has 2 aromatic rings. The van der Waals surface area contributed by atoms with Crippen LogP contribution in [0.1, 0.15) is 11.1 Å². The van der Waals surface area contributed by atoms with Crippen molar-refractivity contribution < 1.29 is 9.59 Å². The summed E-state index contributed by atoms with van der Waals surface area (Å²) < 4.78 is 0. The molecule has 0 aromatic heterocycles. The molecule has 6 heteroatoms. The third-order valence-electron chi connectivity index (χ3n) is 3.91. The lowest BCUT2D eigenvalue weighted by Gasteiger charge is -2.18. The number of hydrogen-bond donors (Lipinski definition) is 1. The molecule has 2 amide bonds. The van der Waals surface area contributed by atoms with Gasteiger partial charge in [-0.2, -0.15) is 5.26 Å². The van der Waals surface area contributed by atoms with Crippen LogP contribution in [-0.4, -0.2) is 17.6 Å². The van der Waals surface area contributed by atoms with Gasteiger partial charge in [0.1, 0.15) is 16.7 Å². The van der Waals surface area contributed by atoms with Crippen LogP contribution in [0.5, 0.6) is 0 Å². The number of nitrogens with zero attached hydrogens (tertiary/aromatic N) is 2. The molecule has 130 valence electrons. The number of aryl methyl sites for hydroxylation is 2. The second-order valence-corrected chi connectivity index (χ2v) is 6.93. The van der Waals surface area contributed by atoms with Crippen LogP contribution in [0.2, 0.25) is 0 Å². The largest absolute Gasteiger partial charge is 0.321 e.